The van der Waals surface area contributed by atoms with Gasteiger partial charge in [0.2, 0.25) is 0 Å². The summed E-state index contributed by atoms with van der Waals surface area (Å²) >= 11 is 6.28. The number of rotatable bonds is 2. The Bertz CT molecular complexity index is 500. The van der Waals surface area contributed by atoms with Gasteiger partial charge in [-0.1, -0.05) is 37.6 Å². The number of halogens is 1. The van der Waals surface area contributed by atoms with Crippen LogP contribution in [0.4, 0.5) is 0 Å². The van der Waals surface area contributed by atoms with E-state index in [1.54, 1.807) is 4.68 Å². The monoisotopic (exact) mass is 234 g/mol. The Labute approximate surface area is 101 Å². The third-order valence-electron chi connectivity index (χ3n) is 2.68. The van der Waals surface area contributed by atoms with E-state index in [4.69, 9.17) is 11.6 Å². The maximum atomic E-state index is 6.28. The molecule has 0 fully saturated rings. The van der Waals surface area contributed by atoms with Gasteiger partial charge in [-0.15, -0.1) is 0 Å². The van der Waals surface area contributed by atoms with Crippen LogP contribution in [0.5, 0.6) is 0 Å². The van der Waals surface area contributed by atoms with Crippen LogP contribution in [0.25, 0.3) is 11.1 Å². The Morgan fingerprint density at radius 2 is 2.06 bits per heavy atom. The third kappa shape index (κ3) is 2.12. The molecule has 0 aliphatic rings. The zero-order valence-corrected chi connectivity index (χ0v) is 10.5. The van der Waals surface area contributed by atoms with Crippen LogP contribution in [0.1, 0.15) is 25.3 Å². The van der Waals surface area contributed by atoms with Crippen LogP contribution in [0.3, 0.4) is 0 Å². The maximum Gasteiger partial charge on any atom is 0.0568 e. The molecule has 0 amide bonds. The molecule has 0 spiro atoms. The van der Waals surface area contributed by atoms with Gasteiger partial charge in [0.05, 0.1) is 6.20 Å². The fourth-order valence-corrected chi connectivity index (χ4v) is 1.98. The summed E-state index contributed by atoms with van der Waals surface area (Å²) in [6, 6.07) is 6.22. The van der Waals surface area contributed by atoms with E-state index in [1.165, 1.54) is 5.56 Å². The van der Waals surface area contributed by atoms with Crippen LogP contribution < -0.4 is 0 Å². The molecule has 0 bridgehead atoms. The van der Waals surface area contributed by atoms with E-state index < -0.39 is 0 Å². The summed E-state index contributed by atoms with van der Waals surface area (Å²) in [7, 11) is 1.90. The topological polar surface area (TPSA) is 17.8 Å². The van der Waals surface area contributed by atoms with E-state index >= 15 is 0 Å². The summed E-state index contributed by atoms with van der Waals surface area (Å²) in [6.45, 7) is 4.32. The largest absolute Gasteiger partial charge is 0.275 e. The van der Waals surface area contributed by atoms with Crippen LogP contribution in [0, 0.1) is 0 Å². The number of nitrogens with zero attached hydrogens (tertiary/aromatic N) is 2. The Hall–Kier alpha value is -1.28. The highest BCUT2D eigenvalue weighted by molar-refractivity contribution is 6.33. The van der Waals surface area contributed by atoms with E-state index in [1.807, 2.05) is 25.5 Å². The van der Waals surface area contributed by atoms with Crippen LogP contribution in [0.15, 0.2) is 30.6 Å². The minimum absolute atomic E-state index is 0.500. The van der Waals surface area contributed by atoms with Crippen molar-refractivity contribution < 1.29 is 0 Å². The molecule has 0 unspecified atom stereocenters. The number of aryl methyl sites for hydroxylation is 1. The second-order valence-corrected chi connectivity index (χ2v) is 4.70. The first-order valence-corrected chi connectivity index (χ1v) is 5.74. The lowest BCUT2D eigenvalue weighted by atomic mass is 10.00. The zero-order valence-electron chi connectivity index (χ0n) is 9.74. The lowest BCUT2D eigenvalue weighted by Crippen LogP contribution is -1.88. The first-order chi connectivity index (χ1) is 7.58. The first kappa shape index (κ1) is 11.2. The van der Waals surface area contributed by atoms with Crippen LogP contribution in [0.2, 0.25) is 5.02 Å². The number of hydrogen-bond donors (Lipinski definition) is 0. The lowest BCUT2D eigenvalue weighted by molar-refractivity contribution is 0.768. The van der Waals surface area contributed by atoms with Crippen molar-refractivity contribution in [3.05, 3.63) is 41.2 Å². The van der Waals surface area contributed by atoms with Crippen LogP contribution in [-0.2, 0) is 7.05 Å². The summed E-state index contributed by atoms with van der Waals surface area (Å²) in [5, 5.41) is 4.94. The van der Waals surface area contributed by atoms with Gasteiger partial charge in [0.1, 0.15) is 0 Å². The molecule has 2 nitrogen and oxygen atoms in total. The Kier molecular flexibility index (Phi) is 3.01. The van der Waals surface area contributed by atoms with Crippen molar-refractivity contribution in [3.8, 4) is 11.1 Å². The predicted octanol–water partition coefficient (Wildman–Crippen LogP) is 3.86. The van der Waals surface area contributed by atoms with Gasteiger partial charge in [0, 0.05) is 29.4 Å². The van der Waals surface area contributed by atoms with E-state index in [0.29, 0.717) is 5.92 Å². The van der Waals surface area contributed by atoms with Crippen molar-refractivity contribution in [1.82, 2.24) is 9.78 Å². The highest BCUT2D eigenvalue weighted by Gasteiger charge is 2.07. The van der Waals surface area contributed by atoms with Crippen LogP contribution in [-0.4, -0.2) is 9.78 Å². The van der Waals surface area contributed by atoms with E-state index in [0.717, 1.165) is 16.1 Å². The molecule has 0 saturated carbocycles. The van der Waals surface area contributed by atoms with Crippen molar-refractivity contribution in [2.24, 2.45) is 7.05 Å². The smallest absolute Gasteiger partial charge is 0.0568 e. The molecule has 0 aliphatic heterocycles. The summed E-state index contributed by atoms with van der Waals surface area (Å²) in [5.41, 5.74) is 3.36. The van der Waals surface area contributed by atoms with Gasteiger partial charge in [-0.2, -0.15) is 5.10 Å². The van der Waals surface area contributed by atoms with Gasteiger partial charge < -0.3 is 0 Å². The molecule has 0 N–H and O–H groups in total. The molecule has 0 saturated heterocycles. The lowest BCUT2D eigenvalue weighted by Gasteiger charge is -2.08. The van der Waals surface area contributed by atoms with Gasteiger partial charge in [-0.05, 0) is 17.5 Å². The van der Waals surface area contributed by atoms with Crippen molar-refractivity contribution >= 4 is 11.6 Å². The van der Waals surface area contributed by atoms with Crippen molar-refractivity contribution in [1.29, 1.82) is 0 Å². The Morgan fingerprint density at radius 3 is 2.56 bits per heavy atom. The quantitative estimate of drug-likeness (QED) is 0.772. The predicted molar refractivity (Wildman–Crippen MR) is 67.7 cm³/mol. The highest BCUT2D eigenvalue weighted by atomic mass is 35.5. The number of hydrogen-bond acceptors (Lipinski definition) is 1. The van der Waals surface area contributed by atoms with E-state index in [2.05, 4.69) is 31.1 Å². The molecule has 0 atom stereocenters. The summed E-state index contributed by atoms with van der Waals surface area (Å²) in [5.74, 6) is 0.500. The molecule has 2 aromatic rings. The van der Waals surface area contributed by atoms with Crippen LogP contribution >= 0.6 is 11.6 Å². The van der Waals surface area contributed by atoms with E-state index in [-0.39, 0.29) is 0 Å². The second-order valence-electron chi connectivity index (χ2n) is 4.30. The van der Waals surface area contributed by atoms with Gasteiger partial charge in [-0.3, -0.25) is 4.68 Å². The summed E-state index contributed by atoms with van der Waals surface area (Å²) in [4.78, 5) is 0. The van der Waals surface area contributed by atoms with Gasteiger partial charge in [0.25, 0.3) is 0 Å². The molecular weight excluding hydrogens is 220 g/mol. The average Bonchev–Trinajstić information content (AvgIpc) is 2.64. The minimum atomic E-state index is 0.500. The van der Waals surface area contributed by atoms with Gasteiger partial charge >= 0.3 is 0 Å². The first-order valence-electron chi connectivity index (χ1n) is 5.36. The standard InChI is InChI=1S/C13H15ClN2/c1-9(2)10-4-5-12(13(14)6-10)11-7-15-16(3)8-11/h4-9H,1-3H3. The molecule has 3 heteroatoms. The van der Waals surface area contributed by atoms with Crippen molar-refractivity contribution in [2.45, 2.75) is 19.8 Å². The molecule has 1 heterocycles. The van der Waals surface area contributed by atoms with Gasteiger partial charge in [-0.25, -0.2) is 0 Å². The molecule has 2 rings (SSSR count). The summed E-state index contributed by atoms with van der Waals surface area (Å²) < 4.78 is 1.78. The molecule has 16 heavy (non-hydrogen) atoms. The molecule has 1 aromatic heterocycles. The average molecular weight is 235 g/mol. The Morgan fingerprint density at radius 1 is 1.31 bits per heavy atom. The summed E-state index contributed by atoms with van der Waals surface area (Å²) in [6.07, 6.45) is 3.80. The molecule has 1 aromatic carbocycles. The maximum absolute atomic E-state index is 6.28. The number of benzene rings is 1. The molecule has 0 aliphatic carbocycles. The SMILES string of the molecule is CC(C)c1ccc(-c2cnn(C)c2)c(Cl)c1. The number of aromatic nitrogens is 2. The van der Waals surface area contributed by atoms with Crippen molar-refractivity contribution in [2.75, 3.05) is 0 Å². The Balaban J connectivity index is 2.44. The fraction of sp³-hybridized carbons (Fsp3) is 0.308. The molecule has 0 radical (unpaired) electrons. The minimum Gasteiger partial charge on any atom is -0.275 e. The molecular formula is C13H15ClN2. The third-order valence-corrected chi connectivity index (χ3v) is 2.99. The van der Waals surface area contributed by atoms with Crippen molar-refractivity contribution in [3.63, 3.8) is 0 Å². The highest BCUT2D eigenvalue weighted by Crippen LogP contribution is 2.30. The molecule has 84 valence electrons. The second kappa shape index (κ2) is 4.30. The van der Waals surface area contributed by atoms with Gasteiger partial charge in [0.15, 0.2) is 0 Å². The normalized spacial score (nSPS) is 11.1. The van der Waals surface area contributed by atoms with E-state index in [9.17, 15) is 0 Å². The zero-order chi connectivity index (χ0) is 11.7. The fourth-order valence-electron chi connectivity index (χ4n) is 1.68.